The highest BCUT2D eigenvalue weighted by Gasteiger charge is 2.38. The summed E-state index contributed by atoms with van der Waals surface area (Å²) in [5.41, 5.74) is 0. The minimum Gasteiger partial charge on any atom is -0.481 e. The van der Waals surface area contributed by atoms with E-state index in [9.17, 15) is 18.0 Å². The molecule has 0 aromatic carbocycles. The fourth-order valence-corrected chi connectivity index (χ4v) is 3.65. The third-order valence-electron chi connectivity index (χ3n) is 2.76. The van der Waals surface area contributed by atoms with Crippen LogP contribution in [-0.4, -0.2) is 54.6 Å². The standard InChI is InChI=1S/C10H18N2O5S/c1-2-3-6-18(16,17)12-5-4-11-10(15)8(12)7-9(13)14/h8H,2-7H2,1H3,(H,11,15)(H,13,14). The number of rotatable bonds is 6. The first kappa shape index (κ1) is 14.9. The van der Waals surface area contributed by atoms with Crippen molar-refractivity contribution in [2.45, 2.75) is 32.2 Å². The zero-order valence-electron chi connectivity index (χ0n) is 10.3. The Bertz CT molecular complexity index is 420. The fourth-order valence-electron chi connectivity index (χ4n) is 1.83. The van der Waals surface area contributed by atoms with Gasteiger partial charge < -0.3 is 10.4 Å². The van der Waals surface area contributed by atoms with Crippen LogP contribution in [-0.2, 0) is 19.6 Å². The van der Waals surface area contributed by atoms with Crippen molar-refractivity contribution in [1.29, 1.82) is 0 Å². The van der Waals surface area contributed by atoms with Crippen LogP contribution in [0, 0.1) is 0 Å². The van der Waals surface area contributed by atoms with Crippen LogP contribution in [0.1, 0.15) is 26.2 Å². The largest absolute Gasteiger partial charge is 0.481 e. The van der Waals surface area contributed by atoms with Crippen LogP contribution in [0.3, 0.4) is 0 Å². The van der Waals surface area contributed by atoms with Crippen LogP contribution >= 0.6 is 0 Å². The molecule has 1 atom stereocenters. The van der Waals surface area contributed by atoms with E-state index in [4.69, 9.17) is 5.11 Å². The van der Waals surface area contributed by atoms with Crippen molar-refractivity contribution in [2.24, 2.45) is 0 Å². The Morgan fingerprint density at radius 2 is 2.22 bits per heavy atom. The molecule has 0 bridgehead atoms. The lowest BCUT2D eigenvalue weighted by Gasteiger charge is -2.33. The monoisotopic (exact) mass is 278 g/mol. The lowest BCUT2D eigenvalue weighted by Crippen LogP contribution is -2.58. The van der Waals surface area contributed by atoms with Gasteiger partial charge in [0.1, 0.15) is 6.04 Å². The molecule has 1 amide bonds. The molecule has 2 N–H and O–H groups in total. The number of aliphatic carboxylic acids is 1. The summed E-state index contributed by atoms with van der Waals surface area (Å²) in [6.45, 7) is 2.23. The molecule has 0 radical (unpaired) electrons. The number of amides is 1. The normalized spacial score (nSPS) is 21.6. The van der Waals surface area contributed by atoms with Gasteiger partial charge in [-0.25, -0.2) is 8.42 Å². The van der Waals surface area contributed by atoms with E-state index in [0.29, 0.717) is 6.42 Å². The number of piperazine rings is 1. The molecule has 104 valence electrons. The molecule has 0 spiro atoms. The van der Waals surface area contributed by atoms with Gasteiger partial charge in [0, 0.05) is 13.1 Å². The van der Waals surface area contributed by atoms with E-state index in [1.807, 2.05) is 6.92 Å². The highest BCUT2D eigenvalue weighted by Crippen LogP contribution is 2.15. The zero-order valence-corrected chi connectivity index (χ0v) is 11.1. The maximum absolute atomic E-state index is 12.0. The van der Waals surface area contributed by atoms with Crippen molar-refractivity contribution in [3.05, 3.63) is 0 Å². The molecule has 0 aromatic rings. The van der Waals surface area contributed by atoms with Crippen LogP contribution in [0.2, 0.25) is 0 Å². The van der Waals surface area contributed by atoms with E-state index in [2.05, 4.69) is 5.32 Å². The third-order valence-corrected chi connectivity index (χ3v) is 4.72. The third kappa shape index (κ3) is 3.67. The molecule has 1 saturated heterocycles. The second-order valence-corrected chi connectivity index (χ2v) is 6.23. The second-order valence-electron chi connectivity index (χ2n) is 4.18. The molecule has 1 aliphatic rings. The second kappa shape index (κ2) is 6.14. The Labute approximate surface area is 106 Å². The molecule has 1 heterocycles. The van der Waals surface area contributed by atoms with Gasteiger partial charge in [-0.05, 0) is 6.42 Å². The van der Waals surface area contributed by atoms with Crippen LogP contribution in [0.15, 0.2) is 0 Å². The first-order chi connectivity index (χ1) is 8.38. The Kier molecular flexibility index (Phi) is 5.09. The van der Waals surface area contributed by atoms with E-state index in [1.54, 1.807) is 0 Å². The van der Waals surface area contributed by atoms with Gasteiger partial charge in [0.2, 0.25) is 15.9 Å². The van der Waals surface area contributed by atoms with Gasteiger partial charge >= 0.3 is 5.97 Å². The SMILES string of the molecule is CCCCS(=O)(=O)N1CCNC(=O)C1CC(=O)O. The van der Waals surface area contributed by atoms with Crippen molar-refractivity contribution in [3.8, 4) is 0 Å². The number of sulfonamides is 1. The first-order valence-corrected chi connectivity index (χ1v) is 7.48. The molecule has 0 aliphatic carbocycles. The summed E-state index contributed by atoms with van der Waals surface area (Å²) in [7, 11) is -3.56. The quantitative estimate of drug-likeness (QED) is 0.674. The molecular weight excluding hydrogens is 260 g/mol. The van der Waals surface area contributed by atoms with Gasteiger partial charge in [-0.2, -0.15) is 4.31 Å². The van der Waals surface area contributed by atoms with E-state index in [-0.39, 0.29) is 18.8 Å². The van der Waals surface area contributed by atoms with Crippen LogP contribution in [0.4, 0.5) is 0 Å². The highest BCUT2D eigenvalue weighted by molar-refractivity contribution is 7.89. The number of hydrogen-bond donors (Lipinski definition) is 2. The molecular formula is C10H18N2O5S. The van der Waals surface area contributed by atoms with Crippen LogP contribution in [0.5, 0.6) is 0 Å². The molecule has 18 heavy (non-hydrogen) atoms. The minimum absolute atomic E-state index is 0.0487. The molecule has 0 aromatic heterocycles. The number of carboxylic acid groups (broad SMARTS) is 1. The molecule has 1 aliphatic heterocycles. The van der Waals surface area contributed by atoms with Crippen molar-refractivity contribution in [2.75, 3.05) is 18.8 Å². The summed E-state index contributed by atoms with van der Waals surface area (Å²) in [6.07, 6.45) is 0.723. The predicted molar refractivity (Wildman–Crippen MR) is 64.5 cm³/mol. The lowest BCUT2D eigenvalue weighted by molar-refractivity contribution is -0.141. The van der Waals surface area contributed by atoms with Gasteiger partial charge in [-0.3, -0.25) is 9.59 Å². The van der Waals surface area contributed by atoms with Crippen molar-refractivity contribution in [1.82, 2.24) is 9.62 Å². The van der Waals surface area contributed by atoms with E-state index >= 15 is 0 Å². The van der Waals surface area contributed by atoms with Crippen molar-refractivity contribution < 1.29 is 23.1 Å². The van der Waals surface area contributed by atoms with Crippen LogP contribution < -0.4 is 5.32 Å². The predicted octanol–water partition coefficient (Wildman–Crippen LogP) is -0.609. The zero-order chi connectivity index (χ0) is 13.8. The number of unbranched alkanes of at least 4 members (excludes halogenated alkanes) is 1. The Morgan fingerprint density at radius 3 is 2.78 bits per heavy atom. The van der Waals surface area contributed by atoms with Gasteiger partial charge in [0.05, 0.1) is 12.2 Å². The number of nitrogens with zero attached hydrogens (tertiary/aromatic N) is 1. The topological polar surface area (TPSA) is 104 Å². The molecule has 8 heteroatoms. The van der Waals surface area contributed by atoms with Gasteiger partial charge in [-0.1, -0.05) is 13.3 Å². The van der Waals surface area contributed by atoms with Crippen molar-refractivity contribution >= 4 is 21.9 Å². The maximum Gasteiger partial charge on any atom is 0.305 e. The summed E-state index contributed by atoms with van der Waals surface area (Å²) in [5.74, 6) is -1.77. The number of hydrogen-bond acceptors (Lipinski definition) is 4. The highest BCUT2D eigenvalue weighted by atomic mass is 32.2. The van der Waals surface area contributed by atoms with Gasteiger partial charge in [-0.15, -0.1) is 0 Å². The lowest BCUT2D eigenvalue weighted by atomic mass is 10.1. The summed E-state index contributed by atoms with van der Waals surface area (Å²) >= 11 is 0. The minimum atomic E-state index is -3.56. The fraction of sp³-hybridized carbons (Fsp3) is 0.800. The molecule has 0 saturated carbocycles. The van der Waals surface area contributed by atoms with Gasteiger partial charge in [0.15, 0.2) is 0 Å². The number of carbonyl (C=O) groups excluding carboxylic acids is 1. The summed E-state index contributed by atoms with van der Waals surface area (Å²) in [4.78, 5) is 22.3. The van der Waals surface area contributed by atoms with Crippen LogP contribution in [0.25, 0.3) is 0 Å². The summed E-state index contributed by atoms with van der Waals surface area (Å²) < 4.78 is 25.1. The van der Waals surface area contributed by atoms with E-state index in [1.165, 1.54) is 0 Å². The molecule has 1 rings (SSSR count). The Morgan fingerprint density at radius 1 is 1.56 bits per heavy atom. The number of carbonyl (C=O) groups is 2. The Balaban J connectivity index is 2.88. The average molecular weight is 278 g/mol. The summed E-state index contributed by atoms with van der Waals surface area (Å²) in [6, 6.07) is -1.13. The number of nitrogens with one attached hydrogen (secondary N) is 1. The van der Waals surface area contributed by atoms with Gasteiger partial charge in [0.25, 0.3) is 0 Å². The summed E-state index contributed by atoms with van der Waals surface area (Å²) in [5, 5.41) is 11.2. The Hall–Kier alpha value is -1.15. The van der Waals surface area contributed by atoms with Crippen molar-refractivity contribution in [3.63, 3.8) is 0 Å². The number of carboxylic acids is 1. The molecule has 7 nitrogen and oxygen atoms in total. The first-order valence-electron chi connectivity index (χ1n) is 5.87. The van der Waals surface area contributed by atoms with E-state index in [0.717, 1.165) is 10.7 Å². The molecule has 1 unspecified atom stereocenters. The smallest absolute Gasteiger partial charge is 0.305 e. The average Bonchev–Trinajstić information content (AvgIpc) is 2.28. The maximum atomic E-state index is 12.0. The molecule has 1 fully saturated rings. The van der Waals surface area contributed by atoms with E-state index < -0.39 is 34.4 Å².